The molecule has 0 atom stereocenters. The fraction of sp³-hybridized carbons (Fsp3) is 0.333. The molecular formula is C6H8Br2N2O2S. The zero-order valence-electron chi connectivity index (χ0n) is 6.53. The number of carbonyl (C=O) groups excluding carboxylic acids is 1. The van der Waals surface area contributed by atoms with Crippen molar-refractivity contribution in [2.24, 2.45) is 0 Å². The van der Waals surface area contributed by atoms with Gasteiger partial charge in [-0.15, -0.1) is 28.3 Å². The molecule has 0 saturated heterocycles. The molecule has 4 nitrogen and oxygen atoms in total. The smallest absolute Gasteiger partial charge is 0.357 e. The van der Waals surface area contributed by atoms with Gasteiger partial charge in [0.05, 0.1) is 0 Å². The standard InChI is InChI=1S/C6H7BrN2O2S.BrH/c7-1-2-11-5(10)4-3-12-6(8)9-4;/h3H,1-2H2,(H2,8,9);1H. The molecule has 0 bridgehead atoms. The maximum atomic E-state index is 11.1. The number of alkyl halides is 1. The van der Waals surface area contributed by atoms with Crippen LogP contribution in [0.2, 0.25) is 0 Å². The number of ether oxygens (including phenoxy) is 1. The number of halogens is 2. The van der Waals surface area contributed by atoms with Crippen LogP contribution in [0.4, 0.5) is 5.13 Å². The summed E-state index contributed by atoms with van der Waals surface area (Å²) in [5.41, 5.74) is 5.61. The predicted octanol–water partition coefficient (Wildman–Crippen LogP) is 1.85. The summed E-state index contributed by atoms with van der Waals surface area (Å²) in [6, 6.07) is 0. The minimum absolute atomic E-state index is 0. The van der Waals surface area contributed by atoms with E-state index in [0.717, 1.165) is 0 Å². The Morgan fingerprint density at radius 1 is 1.77 bits per heavy atom. The van der Waals surface area contributed by atoms with Crippen LogP contribution < -0.4 is 5.73 Å². The van der Waals surface area contributed by atoms with Crippen LogP contribution in [-0.4, -0.2) is 22.9 Å². The topological polar surface area (TPSA) is 65.2 Å². The minimum Gasteiger partial charge on any atom is -0.460 e. The minimum atomic E-state index is -0.428. The average molecular weight is 332 g/mol. The van der Waals surface area contributed by atoms with Crippen LogP contribution in [0.5, 0.6) is 0 Å². The number of esters is 1. The lowest BCUT2D eigenvalue weighted by molar-refractivity contribution is 0.0525. The molecule has 2 N–H and O–H groups in total. The predicted molar refractivity (Wildman–Crippen MR) is 60.9 cm³/mol. The van der Waals surface area contributed by atoms with E-state index in [4.69, 9.17) is 10.5 Å². The number of anilines is 1. The Morgan fingerprint density at radius 2 is 2.46 bits per heavy atom. The van der Waals surface area contributed by atoms with Gasteiger partial charge in [0.25, 0.3) is 0 Å². The maximum absolute atomic E-state index is 11.1. The van der Waals surface area contributed by atoms with Crippen LogP contribution in [0.15, 0.2) is 5.38 Å². The molecule has 7 heteroatoms. The molecule has 0 aliphatic heterocycles. The summed E-state index contributed by atoms with van der Waals surface area (Å²) in [7, 11) is 0. The highest BCUT2D eigenvalue weighted by molar-refractivity contribution is 9.09. The van der Waals surface area contributed by atoms with E-state index in [1.807, 2.05) is 0 Å². The fourth-order valence-electron chi connectivity index (χ4n) is 0.587. The Kier molecular flexibility index (Phi) is 6.27. The van der Waals surface area contributed by atoms with E-state index in [1.54, 1.807) is 5.38 Å². The van der Waals surface area contributed by atoms with Crippen molar-refractivity contribution < 1.29 is 9.53 Å². The number of rotatable bonds is 3. The quantitative estimate of drug-likeness (QED) is 0.678. The van der Waals surface area contributed by atoms with Crippen molar-refractivity contribution in [3.8, 4) is 0 Å². The molecule has 1 heterocycles. The van der Waals surface area contributed by atoms with Gasteiger partial charge in [0, 0.05) is 10.7 Å². The van der Waals surface area contributed by atoms with Gasteiger partial charge in [-0.2, -0.15) is 0 Å². The second kappa shape index (κ2) is 6.33. The molecule has 0 aliphatic rings. The normalized spacial score (nSPS) is 9.00. The van der Waals surface area contributed by atoms with E-state index in [2.05, 4.69) is 20.9 Å². The van der Waals surface area contributed by atoms with Crippen LogP contribution in [0.3, 0.4) is 0 Å². The Bertz CT molecular complexity index is 279. The second-order valence-electron chi connectivity index (χ2n) is 1.90. The summed E-state index contributed by atoms with van der Waals surface area (Å²) < 4.78 is 4.79. The van der Waals surface area contributed by atoms with Crippen LogP contribution in [0.25, 0.3) is 0 Å². The molecule has 1 rings (SSSR count). The molecule has 0 spiro atoms. The number of nitrogens with two attached hydrogens (primary N) is 1. The van der Waals surface area contributed by atoms with Crippen molar-refractivity contribution in [2.75, 3.05) is 17.7 Å². The highest BCUT2D eigenvalue weighted by atomic mass is 79.9. The molecule has 1 aromatic rings. The van der Waals surface area contributed by atoms with Gasteiger partial charge >= 0.3 is 5.97 Å². The summed E-state index contributed by atoms with van der Waals surface area (Å²) in [6.45, 7) is 0.344. The number of hydrogen-bond donors (Lipinski definition) is 1. The highest BCUT2D eigenvalue weighted by Gasteiger charge is 2.09. The fourth-order valence-corrected chi connectivity index (χ4v) is 1.28. The number of nitrogens with zero attached hydrogens (tertiary/aromatic N) is 1. The highest BCUT2D eigenvalue weighted by Crippen LogP contribution is 2.11. The van der Waals surface area contributed by atoms with Crippen molar-refractivity contribution in [1.29, 1.82) is 0 Å². The Balaban J connectivity index is 0.00000144. The maximum Gasteiger partial charge on any atom is 0.357 e. The summed E-state index contributed by atoms with van der Waals surface area (Å²) in [5.74, 6) is -0.428. The van der Waals surface area contributed by atoms with Crippen molar-refractivity contribution >= 4 is 55.3 Å². The lowest BCUT2D eigenvalue weighted by Crippen LogP contribution is -2.07. The zero-order chi connectivity index (χ0) is 8.97. The van der Waals surface area contributed by atoms with Gasteiger partial charge in [-0.1, -0.05) is 15.9 Å². The first kappa shape index (κ1) is 12.9. The van der Waals surface area contributed by atoms with Gasteiger partial charge < -0.3 is 10.5 Å². The van der Waals surface area contributed by atoms with E-state index >= 15 is 0 Å². The molecule has 0 aromatic carbocycles. The van der Waals surface area contributed by atoms with E-state index < -0.39 is 5.97 Å². The van der Waals surface area contributed by atoms with Crippen molar-refractivity contribution in [2.45, 2.75) is 0 Å². The van der Waals surface area contributed by atoms with E-state index in [0.29, 0.717) is 17.1 Å². The SMILES string of the molecule is Br.Nc1nc(C(=O)OCCBr)cs1. The molecule has 0 fully saturated rings. The average Bonchev–Trinajstić information content (AvgIpc) is 2.47. The number of thiazole rings is 1. The monoisotopic (exact) mass is 330 g/mol. The van der Waals surface area contributed by atoms with Gasteiger partial charge in [-0.25, -0.2) is 9.78 Å². The Hall–Kier alpha value is -0.140. The van der Waals surface area contributed by atoms with Crippen LogP contribution in [0, 0.1) is 0 Å². The largest absolute Gasteiger partial charge is 0.460 e. The summed E-state index contributed by atoms with van der Waals surface area (Å²) in [6.07, 6.45) is 0. The third-order valence-corrected chi connectivity index (χ3v) is 2.04. The molecule has 1 aromatic heterocycles. The Labute approximate surface area is 98.4 Å². The van der Waals surface area contributed by atoms with Gasteiger partial charge in [0.1, 0.15) is 6.61 Å². The molecule has 0 saturated carbocycles. The summed E-state index contributed by atoms with van der Waals surface area (Å²) in [5, 5.41) is 2.57. The van der Waals surface area contributed by atoms with E-state index in [9.17, 15) is 4.79 Å². The number of hydrogen-bond acceptors (Lipinski definition) is 5. The van der Waals surface area contributed by atoms with Crippen LogP contribution >= 0.6 is 44.2 Å². The molecule has 0 unspecified atom stereocenters. The lowest BCUT2D eigenvalue weighted by Gasteiger charge is -1.97. The summed E-state index contributed by atoms with van der Waals surface area (Å²) >= 11 is 4.36. The van der Waals surface area contributed by atoms with E-state index in [1.165, 1.54) is 11.3 Å². The zero-order valence-corrected chi connectivity index (χ0v) is 10.6. The van der Waals surface area contributed by atoms with Gasteiger partial charge in [-0.05, 0) is 0 Å². The van der Waals surface area contributed by atoms with Crippen molar-refractivity contribution in [3.05, 3.63) is 11.1 Å². The molecule has 0 radical (unpaired) electrons. The molecular weight excluding hydrogens is 324 g/mol. The Morgan fingerprint density at radius 3 is 2.92 bits per heavy atom. The molecule has 13 heavy (non-hydrogen) atoms. The molecule has 0 amide bonds. The van der Waals surface area contributed by atoms with Crippen LogP contribution in [0.1, 0.15) is 10.5 Å². The van der Waals surface area contributed by atoms with Gasteiger partial charge in [0.15, 0.2) is 10.8 Å². The first-order chi connectivity index (χ1) is 5.74. The first-order valence-electron chi connectivity index (χ1n) is 3.18. The molecule has 0 aliphatic carbocycles. The number of aromatic nitrogens is 1. The first-order valence-corrected chi connectivity index (χ1v) is 5.18. The van der Waals surface area contributed by atoms with E-state index in [-0.39, 0.29) is 22.7 Å². The van der Waals surface area contributed by atoms with Crippen molar-refractivity contribution in [3.63, 3.8) is 0 Å². The number of carbonyl (C=O) groups is 1. The molecule has 74 valence electrons. The second-order valence-corrected chi connectivity index (χ2v) is 3.58. The van der Waals surface area contributed by atoms with Gasteiger partial charge in [-0.3, -0.25) is 0 Å². The van der Waals surface area contributed by atoms with Gasteiger partial charge in [0.2, 0.25) is 0 Å². The number of nitrogen functional groups attached to an aromatic ring is 1. The summed E-state index contributed by atoms with van der Waals surface area (Å²) in [4.78, 5) is 14.8. The van der Waals surface area contributed by atoms with Crippen LogP contribution in [-0.2, 0) is 4.74 Å². The third-order valence-electron chi connectivity index (χ3n) is 1.04. The van der Waals surface area contributed by atoms with Crippen molar-refractivity contribution in [1.82, 2.24) is 4.98 Å². The third kappa shape index (κ3) is 4.06. The lowest BCUT2D eigenvalue weighted by atomic mass is 10.5.